The Morgan fingerprint density at radius 3 is 2.77 bits per heavy atom. The van der Waals surface area contributed by atoms with Crippen LogP contribution in [0.5, 0.6) is 11.5 Å². The maximum Gasteiger partial charge on any atom is 0.266 e. The second kappa shape index (κ2) is 10.2. The minimum Gasteiger partial charge on any atom is -0.490 e. The van der Waals surface area contributed by atoms with Gasteiger partial charge in [-0.1, -0.05) is 71.5 Å². The first-order chi connectivity index (χ1) is 14.4. The molecule has 1 fully saturated rings. The van der Waals surface area contributed by atoms with Crippen molar-refractivity contribution in [2.24, 2.45) is 0 Å². The largest absolute Gasteiger partial charge is 0.490 e. The molecule has 0 aromatic heterocycles. The van der Waals surface area contributed by atoms with Gasteiger partial charge in [0.2, 0.25) is 0 Å². The van der Waals surface area contributed by atoms with Crippen LogP contribution in [0.3, 0.4) is 0 Å². The highest BCUT2D eigenvalue weighted by atomic mass is 35.5. The molecule has 1 heterocycles. The van der Waals surface area contributed by atoms with Crippen molar-refractivity contribution < 1.29 is 14.3 Å². The molecule has 0 bridgehead atoms. The molecule has 1 aliphatic rings. The minimum atomic E-state index is -0.140. The molecule has 4 nitrogen and oxygen atoms in total. The molecule has 156 valence electrons. The lowest BCUT2D eigenvalue weighted by molar-refractivity contribution is -0.121. The third-order valence-corrected chi connectivity index (χ3v) is 5.94. The van der Waals surface area contributed by atoms with Crippen LogP contribution in [0.15, 0.2) is 54.0 Å². The molecule has 0 unspecified atom stereocenters. The third-order valence-electron chi connectivity index (χ3n) is 4.28. The fourth-order valence-corrected chi connectivity index (χ4v) is 4.52. The zero-order chi connectivity index (χ0) is 21.7. The number of hydrogen-bond donors (Lipinski definition) is 0. The average Bonchev–Trinajstić information content (AvgIpc) is 2.95. The number of halogens is 1. The summed E-state index contributed by atoms with van der Waals surface area (Å²) in [6.07, 6.45) is 3.42. The molecule has 0 spiro atoms. The highest BCUT2D eigenvalue weighted by Crippen LogP contribution is 2.39. The van der Waals surface area contributed by atoms with Crippen LogP contribution >= 0.6 is 35.6 Å². The Labute approximate surface area is 191 Å². The van der Waals surface area contributed by atoms with E-state index in [1.807, 2.05) is 38.1 Å². The van der Waals surface area contributed by atoms with Gasteiger partial charge in [0.05, 0.1) is 16.5 Å². The van der Waals surface area contributed by atoms with Gasteiger partial charge in [0.25, 0.3) is 5.91 Å². The highest BCUT2D eigenvalue weighted by Gasteiger charge is 2.31. The highest BCUT2D eigenvalue weighted by molar-refractivity contribution is 8.26. The first-order valence-electron chi connectivity index (χ1n) is 9.44. The van der Waals surface area contributed by atoms with E-state index in [4.69, 9.17) is 33.3 Å². The van der Waals surface area contributed by atoms with Gasteiger partial charge in [0.15, 0.2) is 11.5 Å². The molecule has 1 amide bonds. The second-order valence-electron chi connectivity index (χ2n) is 6.62. The number of rotatable bonds is 8. The molecular weight excluding hydrogens is 438 g/mol. The molecule has 1 saturated heterocycles. The van der Waals surface area contributed by atoms with Crippen molar-refractivity contribution in [3.05, 3.63) is 75.7 Å². The number of carbonyl (C=O) groups excluding carboxylic acids is 1. The van der Waals surface area contributed by atoms with Crippen molar-refractivity contribution in [2.75, 3.05) is 13.2 Å². The van der Waals surface area contributed by atoms with Crippen molar-refractivity contribution in [3.63, 3.8) is 0 Å². The smallest absolute Gasteiger partial charge is 0.266 e. The van der Waals surface area contributed by atoms with Crippen LogP contribution in [0.25, 0.3) is 6.08 Å². The summed E-state index contributed by atoms with van der Waals surface area (Å²) in [5.41, 5.74) is 2.95. The van der Waals surface area contributed by atoms with Gasteiger partial charge in [0.1, 0.15) is 10.9 Å². The third kappa shape index (κ3) is 5.25. The van der Waals surface area contributed by atoms with E-state index in [0.717, 1.165) is 16.7 Å². The minimum absolute atomic E-state index is 0.140. The molecule has 7 heteroatoms. The summed E-state index contributed by atoms with van der Waals surface area (Å²) in [6, 6.07) is 11.7. The van der Waals surface area contributed by atoms with Crippen LogP contribution in [0.2, 0.25) is 5.02 Å². The summed E-state index contributed by atoms with van der Waals surface area (Å²) < 4.78 is 12.3. The standard InChI is InChI=1S/C23H22ClNO3S2/c1-4-9-25-22(26)20(30-23(25)29)13-17-11-18(24)21(19(12-17)27-5-2)28-14-16-8-6-7-15(3)10-16/h4,6-8,10-13H,1,5,9,14H2,2-3H3. The number of thioether (sulfide) groups is 1. The monoisotopic (exact) mass is 459 g/mol. The van der Waals surface area contributed by atoms with E-state index >= 15 is 0 Å². The Morgan fingerprint density at radius 1 is 1.27 bits per heavy atom. The van der Waals surface area contributed by atoms with Crippen LogP contribution in [-0.2, 0) is 11.4 Å². The first-order valence-corrected chi connectivity index (χ1v) is 11.0. The van der Waals surface area contributed by atoms with Gasteiger partial charge in [-0.3, -0.25) is 9.69 Å². The van der Waals surface area contributed by atoms with Gasteiger partial charge >= 0.3 is 0 Å². The molecule has 0 saturated carbocycles. The lowest BCUT2D eigenvalue weighted by Gasteiger charge is -2.15. The Balaban J connectivity index is 1.87. The van der Waals surface area contributed by atoms with Gasteiger partial charge in [0, 0.05) is 6.54 Å². The normalized spacial score (nSPS) is 15.0. The van der Waals surface area contributed by atoms with Crippen LogP contribution in [0.4, 0.5) is 0 Å². The summed E-state index contributed by atoms with van der Waals surface area (Å²) in [6.45, 7) is 8.82. The summed E-state index contributed by atoms with van der Waals surface area (Å²) in [5, 5.41) is 0.418. The zero-order valence-corrected chi connectivity index (χ0v) is 19.2. The SMILES string of the molecule is C=CCN1C(=O)C(=Cc2cc(Cl)c(OCc3cccc(C)c3)c(OCC)c2)SC1=S. The number of carbonyl (C=O) groups is 1. The van der Waals surface area contributed by atoms with E-state index in [1.54, 1.807) is 18.2 Å². The molecule has 0 aliphatic carbocycles. The Bertz CT molecular complexity index is 1020. The predicted octanol–water partition coefficient (Wildman–Crippen LogP) is 6.01. The fraction of sp³-hybridized carbons (Fsp3) is 0.217. The van der Waals surface area contributed by atoms with Gasteiger partial charge in [-0.2, -0.15) is 0 Å². The maximum atomic E-state index is 12.6. The van der Waals surface area contributed by atoms with E-state index in [-0.39, 0.29) is 5.91 Å². The molecule has 2 aromatic rings. The number of amides is 1. The predicted molar refractivity (Wildman–Crippen MR) is 128 cm³/mol. The Kier molecular flexibility index (Phi) is 7.58. The van der Waals surface area contributed by atoms with Crippen molar-refractivity contribution >= 4 is 51.9 Å². The summed E-state index contributed by atoms with van der Waals surface area (Å²) in [4.78, 5) is 14.6. The van der Waals surface area contributed by atoms with Crippen LogP contribution in [0, 0.1) is 6.92 Å². The number of nitrogens with zero attached hydrogens (tertiary/aromatic N) is 1. The molecule has 30 heavy (non-hydrogen) atoms. The molecule has 1 aliphatic heterocycles. The topological polar surface area (TPSA) is 38.8 Å². The lowest BCUT2D eigenvalue weighted by atomic mass is 10.1. The maximum absolute atomic E-state index is 12.6. The van der Waals surface area contributed by atoms with Gasteiger partial charge < -0.3 is 9.47 Å². The lowest BCUT2D eigenvalue weighted by Crippen LogP contribution is -2.27. The van der Waals surface area contributed by atoms with Crippen LogP contribution in [-0.4, -0.2) is 28.3 Å². The zero-order valence-electron chi connectivity index (χ0n) is 16.8. The average molecular weight is 460 g/mol. The number of aryl methyl sites for hydroxylation is 1. The van der Waals surface area contributed by atoms with Gasteiger partial charge in [-0.15, -0.1) is 6.58 Å². The molecule has 0 N–H and O–H groups in total. The summed E-state index contributed by atoms with van der Waals surface area (Å²) in [5.74, 6) is 0.876. The van der Waals surface area contributed by atoms with Crippen LogP contribution in [0.1, 0.15) is 23.6 Å². The molecule has 0 atom stereocenters. The van der Waals surface area contributed by atoms with E-state index < -0.39 is 0 Å². The molecule has 2 aromatic carbocycles. The van der Waals surface area contributed by atoms with E-state index in [2.05, 4.69) is 12.6 Å². The van der Waals surface area contributed by atoms with E-state index in [0.29, 0.717) is 45.5 Å². The summed E-state index contributed by atoms with van der Waals surface area (Å²) >= 11 is 13.1. The number of thiocarbonyl (C=S) groups is 1. The summed E-state index contributed by atoms with van der Waals surface area (Å²) in [7, 11) is 0. The molecular formula is C23H22ClNO3S2. The van der Waals surface area contributed by atoms with Crippen molar-refractivity contribution in [1.82, 2.24) is 4.90 Å². The van der Waals surface area contributed by atoms with Crippen LogP contribution < -0.4 is 9.47 Å². The number of benzene rings is 2. The Hall–Kier alpha value is -2.28. The fourth-order valence-electron chi connectivity index (χ4n) is 2.97. The Morgan fingerprint density at radius 2 is 2.07 bits per heavy atom. The van der Waals surface area contributed by atoms with Crippen molar-refractivity contribution in [1.29, 1.82) is 0 Å². The van der Waals surface area contributed by atoms with E-state index in [1.165, 1.54) is 16.7 Å². The molecule has 3 rings (SSSR count). The van der Waals surface area contributed by atoms with E-state index in [9.17, 15) is 4.79 Å². The number of ether oxygens (including phenoxy) is 2. The van der Waals surface area contributed by atoms with Crippen molar-refractivity contribution in [3.8, 4) is 11.5 Å². The second-order valence-corrected chi connectivity index (χ2v) is 8.70. The first kappa shape index (κ1) is 22.4. The molecule has 0 radical (unpaired) electrons. The van der Waals surface area contributed by atoms with Gasteiger partial charge in [-0.05, 0) is 43.2 Å². The van der Waals surface area contributed by atoms with Gasteiger partial charge in [-0.25, -0.2) is 0 Å². The number of hydrogen-bond acceptors (Lipinski definition) is 5. The van der Waals surface area contributed by atoms with Crippen molar-refractivity contribution in [2.45, 2.75) is 20.5 Å². The quantitative estimate of drug-likeness (QED) is 0.274.